The molecule has 3 rings (SSSR count). The highest BCUT2D eigenvalue weighted by molar-refractivity contribution is 6.04. The van der Waals surface area contributed by atoms with E-state index in [9.17, 15) is 17.6 Å². The lowest BCUT2D eigenvalue weighted by molar-refractivity contribution is -0.127. The van der Waals surface area contributed by atoms with Crippen molar-refractivity contribution in [3.8, 4) is 0 Å². The molecule has 2 aromatic carbocycles. The second-order valence-corrected chi connectivity index (χ2v) is 9.42. The summed E-state index contributed by atoms with van der Waals surface area (Å²) in [6.45, 7) is 12.0. The number of alkyl halides is 4. The zero-order chi connectivity index (χ0) is 31.2. The van der Waals surface area contributed by atoms with Gasteiger partial charge in [0.2, 0.25) is 0 Å². The van der Waals surface area contributed by atoms with Crippen LogP contribution in [0, 0.1) is 0 Å². The highest BCUT2D eigenvalue weighted by Gasteiger charge is 2.42. The molecule has 1 heterocycles. The minimum atomic E-state index is -4.16. The third-order valence-corrected chi connectivity index (χ3v) is 6.16. The number of halogens is 4. The summed E-state index contributed by atoms with van der Waals surface area (Å²) in [7, 11) is 1.79. The minimum absolute atomic E-state index is 0.0789. The Morgan fingerprint density at radius 3 is 2.33 bits per heavy atom. The van der Waals surface area contributed by atoms with Crippen molar-refractivity contribution < 1.29 is 17.6 Å². The van der Waals surface area contributed by atoms with Crippen LogP contribution < -0.4 is 10.6 Å². The van der Waals surface area contributed by atoms with Gasteiger partial charge in [-0.2, -0.15) is 13.9 Å². The van der Waals surface area contributed by atoms with Crippen molar-refractivity contribution in [2.75, 3.05) is 5.32 Å². The minimum Gasteiger partial charge on any atom is -0.357 e. The maximum absolute atomic E-state index is 14.1. The summed E-state index contributed by atoms with van der Waals surface area (Å²) >= 11 is 0. The largest absolute Gasteiger partial charge is 0.357 e. The molecular weight excluding hydrogens is 542 g/mol. The molecule has 0 bridgehead atoms. The molecular formula is C33H41F4N5. The molecule has 1 aromatic heterocycles. The van der Waals surface area contributed by atoms with Crippen LogP contribution >= 0.6 is 0 Å². The van der Waals surface area contributed by atoms with Crippen molar-refractivity contribution in [3.63, 3.8) is 0 Å². The maximum Gasteiger partial charge on any atom is 0.311 e. The van der Waals surface area contributed by atoms with E-state index in [1.807, 2.05) is 70.2 Å². The molecule has 0 radical (unpaired) electrons. The molecule has 0 aliphatic rings. The second kappa shape index (κ2) is 16.3. The van der Waals surface area contributed by atoms with E-state index in [1.165, 1.54) is 12.1 Å². The fourth-order valence-electron chi connectivity index (χ4n) is 4.32. The lowest BCUT2D eigenvalue weighted by atomic mass is 9.78. The van der Waals surface area contributed by atoms with Gasteiger partial charge in [0.15, 0.2) is 5.82 Å². The first kappa shape index (κ1) is 34.1. The van der Waals surface area contributed by atoms with Crippen LogP contribution in [0.3, 0.4) is 0 Å². The van der Waals surface area contributed by atoms with E-state index < -0.39 is 24.3 Å². The molecule has 1 atom stereocenters. The van der Waals surface area contributed by atoms with Crippen molar-refractivity contribution in [2.24, 2.45) is 12.0 Å². The van der Waals surface area contributed by atoms with Crippen LogP contribution in [0.1, 0.15) is 50.8 Å². The molecule has 0 fully saturated rings. The highest BCUT2D eigenvalue weighted by atomic mass is 19.3. The highest BCUT2D eigenvalue weighted by Crippen LogP contribution is 2.33. The van der Waals surface area contributed by atoms with E-state index in [0.717, 1.165) is 12.0 Å². The number of rotatable bonds is 14. The Balaban J connectivity index is 0.00000301. The van der Waals surface area contributed by atoms with E-state index in [1.54, 1.807) is 48.4 Å². The van der Waals surface area contributed by atoms with E-state index in [4.69, 9.17) is 4.99 Å². The molecule has 0 unspecified atom stereocenters. The average molecular weight is 584 g/mol. The predicted octanol–water partition coefficient (Wildman–Crippen LogP) is 8.44. The fraction of sp³-hybridized carbons (Fsp3) is 0.333. The van der Waals surface area contributed by atoms with Crippen molar-refractivity contribution >= 4 is 11.5 Å². The Bertz CT molecular complexity index is 1350. The van der Waals surface area contributed by atoms with E-state index in [2.05, 4.69) is 22.3 Å². The molecule has 0 saturated carbocycles. The topological polar surface area (TPSA) is 54.2 Å². The second-order valence-electron chi connectivity index (χ2n) is 9.42. The maximum atomic E-state index is 14.1. The van der Waals surface area contributed by atoms with Gasteiger partial charge in [0, 0.05) is 38.4 Å². The fourth-order valence-corrected chi connectivity index (χ4v) is 4.32. The van der Waals surface area contributed by atoms with Crippen LogP contribution in [0.4, 0.5) is 23.4 Å². The number of anilines is 1. The third kappa shape index (κ3) is 9.46. The first-order valence-electron chi connectivity index (χ1n) is 14.0. The number of hydrogen-bond acceptors (Lipinski definition) is 4. The van der Waals surface area contributed by atoms with Gasteiger partial charge in [-0.1, -0.05) is 94.1 Å². The van der Waals surface area contributed by atoms with Crippen LogP contribution in [0.25, 0.3) is 0 Å². The zero-order valence-electron chi connectivity index (χ0n) is 24.9. The molecule has 2 N–H and O–H groups in total. The number of allylic oxidation sites excluding steroid dienone is 2. The lowest BCUT2D eigenvalue weighted by Crippen LogP contribution is -2.51. The van der Waals surface area contributed by atoms with Gasteiger partial charge in [-0.25, -0.2) is 8.78 Å². The number of aromatic nitrogens is 2. The molecule has 226 valence electrons. The summed E-state index contributed by atoms with van der Waals surface area (Å²) in [5.41, 5.74) is 1.02. The van der Waals surface area contributed by atoms with Crippen LogP contribution in [-0.4, -0.2) is 27.8 Å². The van der Waals surface area contributed by atoms with Crippen LogP contribution in [0.5, 0.6) is 0 Å². The SMILES string of the molecule is C=C(Nc1ccn(C)n1)N[C@](Cc1ccccc1)(C(/C=C\CC)=N/C=C\C)c1cccc(CC(F)(F)C(F)F)c1.CC. The van der Waals surface area contributed by atoms with Gasteiger partial charge in [0.1, 0.15) is 5.54 Å². The standard InChI is InChI=1S/C31H35F4N5.C2H6/c1-5-7-16-27(36-18-6-2)30(21-24-12-9-8-10-13-24,38-23(3)37-28-17-19-40(4)39-28)26-15-11-14-25(20-26)22-31(34,35)29(32)33;1-2/h6-20,29,38H,3,5,21-22H2,1-2,4H3,(H,37,39);1-2H3/b16-7-,18-6-,36-27+;/t30-;/m0./s1. The Kier molecular flexibility index (Phi) is 13.3. The van der Waals surface area contributed by atoms with Crippen molar-refractivity contribution in [3.05, 3.63) is 120 Å². The first-order chi connectivity index (χ1) is 20.1. The molecule has 3 aromatic rings. The molecule has 0 aliphatic heterocycles. The molecule has 42 heavy (non-hydrogen) atoms. The summed E-state index contributed by atoms with van der Waals surface area (Å²) in [6.07, 6.45) is 5.25. The van der Waals surface area contributed by atoms with Gasteiger partial charge >= 0.3 is 12.3 Å². The third-order valence-electron chi connectivity index (χ3n) is 6.16. The van der Waals surface area contributed by atoms with Gasteiger partial charge < -0.3 is 10.6 Å². The monoisotopic (exact) mass is 583 g/mol. The van der Waals surface area contributed by atoms with Crippen molar-refractivity contribution in [1.29, 1.82) is 0 Å². The summed E-state index contributed by atoms with van der Waals surface area (Å²) in [5, 5.41) is 11.0. The molecule has 9 heteroatoms. The Hall–Kier alpha value is -4.14. The Morgan fingerprint density at radius 2 is 1.74 bits per heavy atom. The number of nitrogens with one attached hydrogen (secondary N) is 2. The Labute approximate surface area is 246 Å². The van der Waals surface area contributed by atoms with Gasteiger partial charge in [-0.15, -0.1) is 0 Å². The molecule has 0 spiro atoms. The van der Waals surface area contributed by atoms with Gasteiger partial charge in [-0.3, -0.25) is 9.67 Å². The van der Waals surface area contributed by atoms with E-state index in [0.29, 0.717) is 29.3 Å². The molecule has 0 aliphatic carbocycles. The number of aliphatic imine (C=N–C) groups is 1. The lowest BCUT2D eigenvalue weighted by Gasteiger charge is -2.38. The number of benzene rings is 2. The smallest absolute Gasteiger partial charge is 0.311 e. The Morgan fingerprint density at radius 1 is 1.05 bits per heavy atom. The normalized spacial score (nSPS) is 13.6. The molecule has 0 amide bonds. The number of aryl methyl sites for hydroxylation is 1. The van der Waals surface area contributed by atoms with E-state index in [-0.39, 0.29) is 5.56 Å². The number of nitrogens with zero attached hydrogens (tertiary/aromatic N) is 3. The molecule has 0 saturated heterocycles. The van der Waals surface area contributed by atoms with Crippen LogP contribution in [0.15, 0.2) is 109 Å². The molecule has 5 nitrogen and oxygen atoms in total. The number of hydrogen-bond donors (Lipinski definition) is 2. The quantitative estimate of drug-likeness (QED) is 0.148. The summed E-state index contributed by atoms with van der Waals surface area (Å²) in [6, 6.07) is 17.7. The summed E-state index contributed by atoms with van der Waals surface area (Å²) in [5.74, 6) is -3.23. The summed E-state index contributed by atoms with van der Waals surface area (Å²) < 4.78 is 56.0. The van der Waals surface area contributed by atoms with Gasteiger partial charge in [0.05, 0.1) is 11.5 Å². The van der Waals surface area contributed by atoms with E-state index >= 15 is 0 Å². The first-order valence-corrected chi connectivity index (χ1v) is 14.0. The zero-order valence-corrected chi connectivity index (χ0v) is 24.9. The van der Waals surface area contributed by atoms with Gasteiger partial charge in [0.25, 0.3) is 0 Å². The van der Waals surface area contributed by atoms with Gasteiger partial charge in [-0.05, 0) is 36.1 Å². The van der Waals surface area contributed by atoms with Crippen LogP contribution in [-0.2, 0) is 25.4 Å². The average Bonchev–Trinajstić information content (AvgIpc) is 3.38. The van der Waals surface area contributed by atoms with Crippen molar-refractivity contribution in [1.82, 2.24) is 15.1 Å². The summed E-state index contributed by atoms with van der Waals surface area (Å²) in [4.78, 5) is 4.75. The van der Waals surface area contributed by atoms with Crippen molar-refractivity contribution in [2.45, 2.75) is 64.8 Å². The van der Waals surface area contributed by atoms with Crippen LogP contribution in [0.2, 0.25) is 0 Å². The predicted molar refractivity (Wildman–Crippen MR) is 165 cm³/mol.